The van der Waals surface area contributed by atoms with Crippen LogP contribution in [0.4, 0.5) is 5.00 Å². The van der Waals surface area contributed by atoms with Gasteiger partial charge in [-0.3, -0.25) is 4.68 Å². The molecule has 0 aromatic carbocycles. The molecule has 1 N–H and O–H groups in total. The first-order valence-electron chi connectivity index (χ1n) is 7.01. The summed E-state index contributed by atoms with van der Waals surface area (Å²) in [5.74, 6) is -0.355. The lowest BCUT2D eigenvalue weighted by atomic mass is 10.1. The molecule has 2 aromatic rings. The average molecular weight is 352 g/mol. The molecule has 23 heavy (non-hydrogen) atoms. The summed E-state index contributed by atoms with van der Waals surface area (Å²) in [5, 5.41) is 8.56. The van der Waals surface area contributed by atoms with Crippen LogP contribution in [0.1, 0.15) is 26.4 Å². The number of esters is 1. The first-order chi connectivity index (χ1) is 10.8. The second-order valence-corrected chi connectivity index (χ2v) is 6.90. The van der Waals surface area contributed by atoms with Gasteiger partial charge in [0.2, 0.25) is 0 Å². The van der Waals surface area contributed by atoms with Crippen LogP contribution in [0, 0.1) is 13.8 Å². The number of thiophene rings is 1. The lowest BCUT2D eigenvalue weighted by Gasteiger charge is -2.20. The van der Waals surface area contributed by atoms with Crippen LogP contribution in [-0.2, 0) is 18.3 Å². The lowest BCUT2D eigenvalue weighted by molar-refractivity contribution is 0.0601. The summed E-state index contributed by atoms with van der Waals surface area (Å²) in [7, 11) is 5.15. The molecule has 124 valence electrons. The van der Waals surface area contributed by atoms with E-state index in [1.54, 1.807) is 10.9 Å². The van der Waals surface area contributed by atoms with Crippen molar-refractivity contribution in [3.63, 3.8) is 0 Å². The van der Waals surface area contributed by atoms with Crippen molar-refractivity contribution in [3.05, 3.63) is 34.0 Å². The summed E-state index contributed by atoms with van der Waals surface area (Å²) in [5.41, 5.74) is 2.53. The zero-order valence-electron chi connectivity index (χ0n) is 13.8. The van der Waals surface area contributed by atoms with Crippen LogP contribution in [0.3, 0.4) is 0 Å². The van der Waals surface area contributed by atoms with E-state index in [1.165, 1.54) is 18.4 Å². The Morgan fingerprint density at radius 3 is 2.78 bits per heavy atom. The van der Waals surface area contributed by atoms with E-state index in [-0.39, 0.29) is 5.97 Å². The van der Waals surface area contributed by atoms with Gasteiger partial charge in [0.25, 0.3) is 0 Å². The third kappa shape index (κ3) is 3.89. The van der Waals surface area contributed by atoms with Crippen molar-refractivity contribution in [2.24, 2.45) is 7.05 Å². The molecule has 0 aliphatic heterocycles. The van der Waals surface area contributed by atoms with Crippen molar-refractivity contribution in [1.29, 1.82) is 0 Å². The second-order valence-electron chi connectivity index (χ2n) is 5.29. The normalized spacial score (nSPS) is 10.5. The number of nitrogens with one attached hydrogen (secondary N) is 1. The van der Waals surface area contributed by atoms with Gasteiger partial charge in [-0.15, -0.1) is 11.3 Å². The van der Waals surface area contributed by atoms with E-state index >= 15 is 0 Å². The quantitative estimate of drug-likeness (QED) is 0.674. The number of aromatic nitrogens is 2. The van der Waals surface area contributed by atoms with Gasteiger partial charge < -0.3 is 15.0 Å². The molecule has 0 aliphatic rings. The highest BCUT2D eigenvalue weighted by molar-refractivity contribution is 7.80. The van der Waals surface area contributed by atoms with Crippen LogP contribution in [-0.4, -0.2) is 39.9 Å². The van der Waals surface area contributed by atoms with Crippen LogP contribution < -0.4 is 5.32 Å². The van der Waals surface area contributed by atoms with E-state index in [0.29, 0.717) is 17.2 Å². The predicted molar refractivity (Wildman–Crippen MR) is 96.0 cm³/mol. The number of nitrogens with zero attached hydrogens (tertiary/aromatic N) is 3. The monoisotopic (exact) mass is 352 g/mol. The molecular formula is C15H20N4O2S2. The van der Waals surface area contributed by atoms with Gasteiger partial charge in [0.05, 0.1) is 18.9 Å². The van der Waals surface area contributed by atoms with Gasteiger partial charge in [-0.1, -0.05) is 0 Å². The summed E-state index contributed by atoms with van der Waals surface area (Å²) >= 11 is 6.94. The fraction of sp³-hybridized carbons (Fsp3) is 0.400. The number of carbonyl (C=O) groups is 1. The Morgan fingerprint density at radius 2 is 2.22 bits per heavy atom. The Morgan fingerprint density at radius 1 is 1.52 bits per heavy atom. The molecule has 0 saturated heterocycles. The van der Waals surface area contributed by atoms with Crippen LogP contribution in [0.2, 0.25) is 0 Å². The third-order valence-corrected chi connectivity index (χ3v) is 5.06. The van der Waals surface area contributed by atoms with E-state index < -0.39 is 0 Å². The van der Waals surface area contributed by atoms with Gasteiger partial charge in [-0.25, -0.2) is 4.79 Å². The van der Waals surface area contributed by atoms with Crippen molar-refractivity contribution >= 4 is 39.6 Å². The predicted octanol–water partition coefficient (Wildman–Crippen LogP) is 2.71. The molecule has 2 aromatic heterocycles. The smallest absolute Gasteiger partial charge is 0.341 e. The first-order valence-corrected chi connectivity index (χ1v) is 8.24. The number of methoxy groups -OCH3 is 1. The number of hydrogen-bond donors (Lipinski definition) is 1. The minimum atomic E-state index is -0.355. The van der Waals surface area contributed by atoms with Crippen molar-refractivity contribution in [3.8, 4) is 0 Å². The molecule has 0 amide bonds. The summed E-state index contributed by atoms with van der Waals surface area (Å²) in [6.07, 6.45) is 3.75. The molecule has 8 heteroatoms. The minimum Gasteiger partial charge on any atom is -0.465 e. The largest absolute Gasteiger partial charge is 0.465 e. The van der Waals surface area contributed by atoms with E-state index in [9.17, 15) is 4.79 Å². The van der Waals surface area contributed by atoms with Crippen molar-refractivity contribution in [1.82, 2.24) is 14.7 Å². The maximum absolute atomic E-state index is 12.0. The Labute approximate surface area is 145 Å². The van der Waals surface area contributed by atoms with E-state index in [1.807, 2.05) is 39.0 Å². The Bertz CT molecular complexity index is 736. The topological polar surface area (TPSA) is 59.4 Å². The molecule has 0 aliphatic carbocycles. The number of aryl methyl sites for hydroxylation is 2. The van der Waals surface area contributed by atoms with Gasteiger partial charge >= 0.3 is 5.97 Å². The maximum Gasteiger partial charge on any atom is 0.341 e. The maximum atomic E-state index is 12.0. The zero-order valence-corrected chi connectivity index (χ0v) is 15.5. The molecular weight excluding hydrogens is 332 g/mol. The second kappa shape index (κ2) is 7.10. The average Bonchev–Trinajstić information content (AvgIpc) is 3.02. The highest BCUT2D eigenvalue weighted by Crippen LogP contribution is 2.33. The number of thiocarbonyl (C=S) groups is 1. The summed E-state index contributed by atoms with van der Waals surface area (Å²) in [6.45, 7) is 4.52. The Balaban J connectivity index is 2.13. The molecule has 0 saturated carbocycles. The van der Waals surface area contributed by atoms with Crippen molar-refractivity contribution in [2.75, 3.05) is 19.5 Å². The number of hydrogen-bond acceptors (Lipinski definition) is 5. The molecule has 6 nitrogen and oxygen atoms in total. The fourth-order valence-corrected chi connectivity index (χ4v) is 3.43. The standard InChI is InChI=1S/C15H20N4O2S2/c1-9-10(2)23-13(12(9)14(20)21-5)17-15(22)18(3)7-11-6-16-19(4)8-11/h6,8H,7H2,1-5H3,(H,17,22). The van der Waals surface area contributed by atoms with Gasteiger partial charge in [-0.2, -0.15) is 5.10 Å². The molecule has 2 heterocycles. The van der Waals surface area contributed by atoms with E-state index in [4.69, 9.17) is 17.0 Å². The highest BCUT2D eigenvalue weighted by atomic mass is 32.1. The molecule has 0 bridgehead atoms. The Hall–Kier alpha value is -1.93. The minimum absolute atomic E-state index is 0.355. The molecule has 0 unspecified atom stereocenters. The van der Waals surface area contributed by atoms with Gasteiger partial charge in [0.1, 0.15) is 5.00 Å². The van der Waals surface area contributed by atoms with Gasteiger partial charge in [-0.05, 0) is 31.6 Å². The SMILES string of the molecule is COC(=O)c1c(NC(=S)N(C)Cc2cnn(C)c2)sc(C)c1C. The Kier molecular flexibility index (Phi) is 5.38. The van der Waals surface area contributed by atoms with E-state index in [2.05, 4.69) is 10.4 Å². The third-order valence-electron chi connectivity index (χ3n) is 3.52. The summed E-state index contributed by atoms with van der Waals surface area (Å²) < 4.78 is 6.62. The number of anilines is 1. The molecule has 0 fully saturated rings. The zero-order chi connectivity index (χ0) is 17.1. The van der Waals surface area contributed by atoms with Crippen LogP contribution >= 0.6 is 23.6 Å². The van der Waals surface area contributed by atoms with E-state index in [0.717, 1.165) is 21.0 Å². The van der Waals surface area contributed by atoms with Crippen molar-refractivity contribution in [2.45, 2.75) is 20.4 Å². The first kappa shape index (κ1) is 17.4. The van der Waals surface area contributed by atoms with Gasteiger partial charge in [0.15, 0.2) is 5.11 Å². The van der Waals surface area contributed by atoms with Crippen LogP contribution in [0.5, 0.6) is 0 Å². The molecule has 0 spiro atoms. The number of rotatable bonds is 4. The van der Waals surface area contributed by atoms with Crippen LogP contribution in [0.25, 0.3) is 0 Å². The van der Waals surface area contributed by atoms with Gasteiger partial charge in [0, 0.05) is 37.3 Å². The fourth-order valence-electron chi connectivity index (χ4n) is 2.15. The lowest BCUT2D eigenvalue weighted by Crippen LogP contribution is -2.30. The highest BCUT2D eigenvalue weighted by Gasteiger charge is 2.21. The molecule has 2 rings (SSSR count). The summed E-state index contributed by atoms with van der Waals surface area (Å²) in [6, 6.07) is 0. The molecule has 0 atom stereocenters. The van der Waals surface area contributed by atoms with Crippen molar-refractivity contribution < 1.29 is 9.53 Å². The van der Waals surface area contributed by atoms with Crippen LogP contribution in [0.15, 0.2) is 12.4 Å². The summed E-state index contributed by atoms with van der Waals surface area (Å²) in [4.78, 5) is 15.0. The number of carbonyl (C=O) groups excluding carboxylic acids is 1. The molecule has 0 radical (unpaired) electrons. The number of ether oxygens (including phenoxy) is 1.